The summed E-state index contributed by atoms with van der Waals surface area (Å²) in [7, 11) is 1.64. The maximum absolute atomic E-state index is 5.27. The summed E-state index contributed by atoms with van der Waals surface area (Å²) in [5.41, 5.74) is 2.27. The Bertz CT molecular complexity index is 826. The van der Waals surface area contributed by atoms with Crippen LogP contribution in [0.1, 0.15) is 0 Å². The Morgan fingerprint density at radius 3 is 2.87 bits per heavy atom. The molecule has 0 spiro atoms. The van der Waals surface area contributed by atoms with Crippen LogP contribution in [-0.2, 0) is 0 Å². The molecule has 23 heavy (non-hydrogen) atoms. The second-order valence-electron chi connectivity index (χ2n) is 5.31. The molecule has 0 bridgehead atoms. The fourth-order valence-corrected chi connectivity index (χ4v) is 2.76. The molecule has 1 saturated heterocycles. The molecule has 0 saturated carbocycles. The van der Waals surface area contributed by atoms with Crippen molar-refractivity contribution < 1.29 is 4.74 Å². The van der Waals surface area contributed by atoms with Gasteiger partial charge in [-0.3, -0.25) is 0 Å². The Morgan fingerprint density at radius 1 is 1.17 bits per heavy atom. The van der Waals surface area contributed by atoms with Gasteiger partial charge < -0.3 is 15.0 Å². The lowest BCUT2D eigenvalue weighted by Crippen LogP contribution is -2.44. The molecule has 4 rings (SSSR count). The zero-order valence-corrected chi connectivity index (χ0v) is 12.8. The van der Waals surface area contributed by atoms with Crippen molar-refractivity contribution in [1.82, 2.24) is 30.3 Å². The minimum absolute atomic E-state index is 0.696. The highest BCUT2D eigenvalue weighted by atomic mass is 16.5. The molecule has 3 heterocycles. The van der Waals surface area contributed by atoms with Gasteiger partial charge in [0.15, 0.2) is 17.0 Å². The highest BCUT2D eigenvalue weighted by Gasteiger charge is 2.19. The lowest BCUT2D eigenvalue weighted by molar-refractivity contribution is 0.414. The summed E-state index contributed by atoms with van der Waals surface area (Å²) in [5.74, 6) is 1.60. The first-order chi connectivity index (χ1) is 11.4. The average Bonchev–Trinajstić information content (AvgIpc) is 3.06. The van der Waals surface area contributed by atoms with Gasteiger partial charge in [-0.15, -0.1) is 5.10 Å². The smallest absolute Gasteiger partial charge is 0.189 e. The molecule has 0 unspecified atom stereocenters. The van der Waals surface area contributed by atoms with Crippen LogP contribution in [0.25, 0.3) is 16.9 Å². The Morgan fingerprint density at radius 2 is 2.04 bits per heavy atom. The van der Waals surface area contributed by atoms with E-state index in [0.717, 1.165) is 49.0 Å². The lowest BCUT2D eigenvalue weighted by Gasteiger charge is -2.28. The Hall–Kier alpha value is -2.74. The third-order valence-electron chi connectivity index (χ3n) is 3.93. The van der Waals surface area contributed by atoms with E-state index in [2.05, 4.69) is 30.5 Å². The molecular weight excluding hydrogens is 294 g/mol. The van der Waals surface area contributed by atoms with Gasteiger partial charge in [0.2, 0.25) is 0 Å². The van der Waals surface area contributed by atoms with Crippen LogP contribution in [0.2, 0.25) is 0 Å². The first-order valence-electron chi connectivity index (χ1n) is 7.53. The summed E-state index contributed by atoms with van der Waals surface area (Å²) in [6.45, 7) is 3.68. The van der Waals surface area contributed by atoms with E-state index in [1.54, 1.807) is 18.1 Å². The Balaban J connectivity index is 1.80. The van der Waals surface area contributed by atoms with Crippen molar-refractivity contribution in [3.8, 4) is 11.4 Å². The number of nitrogens with zero attached hydrogens (tertiary/aromatic N) is 6. The topological polar surface area (TPSA) is 81.0 Å². The van der Waals surface area contributed by atoms with Crippen molar-refractivity contribution in [2.24, 2.45) is 0 Å². The van der Waals surface area contributed by atoms with E-state index < -0.39 is 0 Å². The van der Waals surface area contributed by atoms with Crippen LogP contribution in [0.5, 0.6) is 5.75 Å². The minimum Gasteiger partial charge on any atom is -0.497 e. The van der Waals surface area contributed by atoms with Crippen molar-refractivity contribution in [1.29, 1.82) is 0 Å². The molecule has 1 aromatic carbocycles. The first kappa shape index (κ1) is 13.9. The Labute approximate surface area is 133 Å². The van der Waals surface area contributed by atoms with Gasteiger partial charge >= 0.3 is 0 Å². The number of rotatable bonds is 3. The molecule has 1 N–H and O–H groups in total. The van der Waals surface area contributed by atoms with Crippen LogP contribution in [0.15, 0.2) is 30.6 Å². The molecule has 8 heteroatoms. The third-order valence-corrected chi connectivity index (χ3v) is 3.93. The molecule has 3 aromatic rings. The van der Waals surface area contributed by atoms with Gasteiger partial charge in [-0.25, -0.2) is 9.97 Å². The monoisotopic (exact) mass is 311 g/mol. The fraction of sp³-hybridized carbons (Fsp3) is 0.333. The van der Waals surface area contributed by atoms with Crippen molar-refractivity contribution in [2.75, 3.05) is 38.2 Å². The number of hydrogen-bond donors (Lipinski definition) is 1. The second-order valence-corrected chi connectivity index (χ2v) is 5.31. The maximum atomic E-state index is 5.27. The van der Waals surface area contributed by atoms with Crippen molar-refractivity contribution >= 4 is 17.0 Å². The van der Waals surface area contributed by atoms with E-state index in [1.807, 2.05) is 24.3 Å². The van der Waals surface area contributed by atoms with Gasteiger partial charge in [0, 0.05) is 32.2 Å². The normalized spacial score (nSPS) is 15.1. The first-order valence-corrected chi connectivity index (χ1v) is 7.53. The third kappa shape index (κ3) is 2.46. The highest BCUT2D eigenvalue weighted by molar-refractivity contribution is 5.83. The van der Waals surface area contributed by atoms with Gasteiger partial charge in [-0.05, 0) is 12.1 Å². The average molecular weight is 311 g/mol. The summed E-state index contributed by atoms with van der Waals surface area (Å²) < 4.78 is 6.99. The van der Waals surface area contributed by atoms with E-state index in [0.29, 0.717) is 5.65 Å². The molecule has 0 radical (unpaired) electrons. The molecule has 0 aliphatic carbocycles. The molecule has 0 amide bonds. The number of fused-ring (bicyclic) bond motifs is 1. The van der Waals surface area contributed by atoms with Crippen molar-refractivity contribution in [3.05, 3.63) is 30.6 Å². The summed E-state index contributed by atoms with van der Waals surface area (Å²) in [6.07, 6.45) is 1.57. The lowest BCUT2D eigenvalue weighted by atomic mass is 10.3. The number of anilines is 1. The van der Waals surface area contributed by atoms with Crippen LogP contribution < -0.4 is 15.0 Å². The van der Waals surface area contributed by atoms with Crippen LogP contribution in [0, 0.1) is 0 Å². The van der Waals surface area contributed by atoms with E-state index in [-0.39, 0.29) is 0 Å². The molecule has 8 nitrogen and oxygen atoms in total. The van der Waals surface area contributed by atoms with E-state index in [9.17, 15) is 0 Å². The van der Waals surface area contributed by atoms with Crippen molar-refractivity contribution in [3.63, 3.8) is 0 Å². The minimum atomic E-state index is 0.696. The van der Waals surface area contributed by atoms with E-state index in [4.69, 9.17) is 4.74 Å². The molecule has 0 atom stereocenters. The Kier molecular flexibility index (Phi) is 3.51. The predicted molar refractivity (Wildman–Crippen MR) is 86.1 cm³/mol. The SMILES string of the molecule is COc1cccc(-n2nnc3c(N4CCNCC4)ncnc32)c1. The predicted octanol–water partition coefficient (Wildman–Crippen LogP) is 0.629. The van der Waals surface area contributed by atoms with E-state index in [1.165, 1.54) is 0 Å². The second kappa shape index (κ2) is 5.81. The molecule has 1 aliphatic heterocycles. The van der Waals surface area contributed by atoms with Crippen molar-refractivity contribution in [2.45, 2.75) is 0 Å². The van der Waals surface area contributed by atoms with Gasteiger partial charge in [0.05, 0.1) is 12.8 Å². The van der Waals surface area contributed by atoms with E-state index >= 15 is 0 Å². The zero-order valence-electron chi connectivity index (χ0n) is 12.8. The number of ether oxygens (including phenoxy) is 1. The van der Waals surface area contributed by atoms with Gasteiger partial charge in [0.25, 0.3) is 0 Å². The molecule has 118 valence electrons. The van der Waals surface area contributed by atoms with Crippen LogP contribution in [-0.4, -0.2) is 58.3 Å². The number of piperazine rings is 1. The number of benzene rings is 1. The molecular formula is C15H17N7O. The molecule has 2 aromatic heterocycles. The van der Waals surface area contributed by atoms with Gasteiger partial charge in [-0.2, -0.15) is 4.68 Å². The quantitative estimate of drug-likeness (QED) is 0.759. The largest absolute Gasteiger partial charge is 0.497 e. The number of hydrogen-bond acceptors (Lipinski definition) is 7. The fourth-order valence-electron chi connectivity index (χ4n) is 2.76. The number of nitrogens with one attached hydrogen (secondary N) is 1. The van der Waals surface area contributed by atoms with Crippen LogP contribution >= 0.6 is 0 Å². The van der Waals surface area contributed by atoms with Gasteiger partial charge in [-0.1, -0.05) is 11.3 Å². The summed E-state index contributed by atoms with van der Waals surface area (Å²) in [5, 5.41) is 11.9. The standard InChI is InChI=1S/C15H17N7O/c1-23-12-4-2-3-11(9-12)22-15-13(19-20-22)14(17-10-18-15)21-7-5-16-6-8-21/h2-4,9-10,16H,5-8H2,1H3. The summed E-state index contributed by atoms with van der Waals surface area (Å²) in [4.78, 5) is 11.0. The molecule has 1 aliphatic rings. The summed E-state index contributed by atoms with van der Waals surface area (Å²) in [6, 6.07) is 7.66. The van der Waals surface area contributed by atoms with Gasteiger partial charge in [0.1, 0.15) is 12.1 Å². The maximum Gasteiger partial charge on any atom is 0.189 e. The number of aromatic nitrogens is 5. The van der Waals surface area contributed by atoms with Crippen LogP contribution in [0.4, 0.5) is 5.82 Å². The zero-order chi connectivity index (χ0) is 15.6. The molecule has 1 fully saturated rings. The summed E-state index contributed by atoms with van der Waals surface area (Å²) >= 11 is 0. The number of methoxy groups -OCH3 is 1. The van der Waals surface area contributed by atoms with Crippen LogP contribution in [0.3, 0.4) is 0 Å². The highest BCUT2D eigenvalue weighted by Crippen LogP contribution is 2.24.